The van der Waals surface area contributed by atoms with Gasteiger partial charge in [-0.2, -0.15) is 0 Å². The fourth-order valence-corrected chi connectivity index (χ4v) is 2.99. The summed E-state index contributed by atoms with van der Waals surface area (Å²) in [6.45, 7) is 0. The molecule has 0 amide bonds. The van der Waals surface area contributed by atoms with E-state index in [1.807, 2.05) is 6.07 Å². The van der Waals surface area contributed by atoms with E-state index in [4.69, 9.17) is 17.3 Å². The Kier molecular flexibility index (Phi) is 3.64. The zero-order chi connectivity index (χ0) is 11.7. The summed E-state index contributed by atoms with van der Waals surface area (Å²) in [6, 6.07) is 7.94. The molecule has 16 heavy (non-hydrogen) atoms. The Hall–Kier alpha value is -0.420. The van der Waals surface area contributed by atoms with E-state index in [0.717, 1.165) is 10.4 Å². The van der Waals surface area contributed by atoms with Crippen LogP contribution >= 0.6 is 38.9 Å². The van der Waals surface area contributed by atoms with Gasteiger partial charge in [-0.3, -0.25) is 0 Å². The summed E-state index contributed by atoms with van der Waals surface area (Å²) in [5.41, 5.74) is 6.76. The Morgan fingerprint density at radius 2 is 2.06 bits per heavy atom. The second kappa shape index (κ2) is 4.84. The molecule has 5 heteroatoms. The standard InChI is InChI=1S/C11H8BrClFNS/c12-7-3-6(4-8(14)5-7)11(15)9-1-2-10(13)16-9/h1-5,11H,15H2. The summed E-state index contributed by atoms with van der Waals surface area (Å²) < 4.78 is 14.6. The van der Waals surface area contributed by atoms with Crippen molar-refractivity contribution < 1.29 is 4.39 Å². The summed E-state index contributed by atoms with van der Waals surface area (Å²) in [5, 5.41) is 0. The van der Waals surface area contributed by atoms with Gasteiger partial charge in [0.2, 0.25) is 0 Å². The minimum Gasteiger partial charge on any atom is -0.320 e. The molecule has 0 aliphatic rings. The fourth-order valence-electron chi connectivity index (χ4n) is 1.41. The van der Waals surface area contributed by atoms with Gasteiger partial charge in [0.05, 0.1) is 10.4 Å². The Labute approximate surface area is 110 Å². The molecule has 1 atom stereocenters. The van der Waals surface area contributed by atoms with Gasteiger partial charge in [0.1, 0.15) is 5.82 Å². The summed E-state index contributed by atoms with van der Waals surface area (Å²) in [6.07, 6.45) is 0. The van der Waals surface area contributed by atoms with E-state index >= 15 is 0 Å². The number of hydrogen-bond acceptors (Lipinski definition) is 2. The van der Waals surface area contributed by atoms with Crippen molar-refractivity contribution in [1.29, 1.82) is 0 Å². The third-order valence-corrected chi connectivity index (χ3v) is 3.92. The topological polar surface area (TPSA) is 26.0 Å². The zero-order valence-electron chi connectivity index (χ0n) is 8.08. The summed E-state index contributed by atoms with van der Waals surface area (Å²) in [7, 11) is 0. The lowest BCUT2D eigenvalue weighted by Crippen LogP contribution is -2.10. The zero-order valence-corrected chi connectivity index (χ0v) is 11.2. The Morgan fingerprint density at radius 3 is 2.62 bits per heavy atom. The molecular weight excluding hydrogens is 313 g/mol. The Balaban J connectivity index is 2.37. The van der Waals surface area contributed by atoms with Crippen LogP contribution in [-0.2, 0) is 0 Å². The summed E-state index contributed by atoms with van der Waals surface area (Å²) in [5.74, 6) is -0.303. The van der Waals surface area contributed by atoms with Crippen molar-refractivity contribution in [3.63, 3.8) is 0 Å². The second-order valence-electron chi connectivity index (χ2n) is 3.32. The maximum Gasteiger partial charge on any atom is 0.124 e. The predicted octanol–water partition coefficient (Wildman–Crippen LogP) is 4.35. The van der Waals surface area contributed by atoms with Gasteiger partial charge in [0, 0.05) is 9.35 Å². The minimum absolute atomic E-state index is 0.303. The third-order valence-electron chi connectivity index (χ3n) is 2.14. The van der Waals surface area contributed by atoms with Gasteiger partial charge in [-0.1, -0.05) is 27.5 Å². The third kappa shape index (κ3) is 2.63. The van der Waals surface area contributed by atoms with E-state index in [-0.39, 0.29) is 11.9 Å². The Bertz CT molecular complexity index is 494. The summed E-state index contributed by atoms with van der Waals surface area (Å²) >= 11 is 10.5. The lowest BCUT2D eigenvalue weighted by atomic mass is 10.1. The highest BCUT2D eigenvalue weighted by Crippen LogP contribution is 2.30. The first kappa shape index (κ1) is 12.0. The molecule has 0 aliphatic heterocycles. The van der Waals surface area contributed by atoms with Crippen molar-refractivity contribution in [2.75, 3.05) is 0 Å². The van der Waals surface area contributed by atoms with E-state index < -0.39 is 0 Å². The highest BCUT2D eigenvalue weighted by atomic mass is 79.9. The first-order valence-corrected chi connectivity index (χ1v) is 6.52. The molecule has 1 aromatic carbocycles. The molecule has 0 saturated carbocycles. The van der Waals surface area contributed by atoms with Crippen molar-refractivity contribution >= 4 is 38.9 Å². The monoisotopic (exact) mass is 319 g/mol. The van der Waals surface area contributed by atoms with Crippen LogP contribution in [0.15, 0.2) is 34.8 Å². The molecule has 1 heterocycles. The van der Waals surface area contributed by atoms with E-state index in [9.17, 15) is 4.39 Å². The largest absolute Gasteiger partial charge is 0.320 e. The number of thiophene rings is 1. The van der Waals surface area contributed by atoms with Crippen molar-refractivity contribution in [3.05, 3.63) is 55.4 Å². The van der Waals surface area contributed by atoms with Gasteiger partial charge in [-0.25, -0.2) is 4.39 Å². The molecule has 2 N–H and O–H groups in total. The van der Waals surface area contributed by atoms with Crippen molar-refractivity contribution in [2.24, 2.45) is 5.73 Å². The molecule has 0 aliphatic carbocycles. The first-order chi connectivity index (χ1) is 7.56. The van der Waals surface area contributed by atoms with Crippen LogP contribution in [0.1, 0.15) is 16.5 Å². The van der Waals surface area contributed by atoms with E-state index in [0.29, 0.717) is 8.81 Å². The fraction of sp³-hybridized carbons (Fsp3) is 0.0909. The van der Waals surface area contributed by atoms with Crippen molar-refractivity contribution in [1.82, 2.24) is 0 Å². The average Bonchev–Trinajstić information content (AvgIpc) is 2.62. The van der Waals surface area contributed by atoms with Crippen LogP contribution in [0.4, 0.5) is 4.39 Å². The quantitative estimate of drug-likeness (QED) is 0.874. The molecule has 1 unspecified atom stereocenters. The SMILES string of the molecule is NC(c1cc(F)cc(Br)c1)c1ccc(Cl)s1. The molecule has 0 spiro atoms. The highest BCUT2D eigenvalue weighted by molar-refractivity contribution is 9.10. The van der Waals surface area contributed by atoms with Crippen LogP contribution in [0, 0.1) is 5.82 Å². The van der Waals surface area contributed by atoms with Crippen LogP contribution in [0.3, 0.4) is 0 Å². The number of halogens is 3. The van der Waals surface area contributed by atoms with Gasteiger partial charge in [0.15, 0.2) is 0 Å². The normalized spacial score (nSPS) is 12.8. The number of rotatable bonds is 2. The number of hydrogen-bond donors (Lipinski definition) is 1. The van der Waals surface area contributed by atoms with Crippen molar-refractivity contribution in [2.45, 2.75) is 6.04 Å². The second-order valence-corrected chi connectivity index (χ2v) is 5.98. The molecule has 2 rings (SSSR count). The molecule has 2 aromatic rings. The molecule has 1 aromatic heterocycles. The summed E-state index contributed by atoms with van der Waals surface area (Å²) in [4.78, 5) is 0.919. The lowest BCUT2D eigenvalue weighted by molar-refractivity contribution is 0.623. The number of benzene rings is 1. The molecule has 84 valence electrons. The maximum atomic E-state index is 13.2. The molecule has 0 saturated heterocycles. The van der Waals surface area contributed by atoms with E-state index in [1.165, 1.54) is 23.5 Å². The van der Waals surface area contributed by atoms with Crippen LogP contribution in [0.5, 0.6) is 0 Å². The maximum absolute atomic E-state index is 13.2. The van der Waals surface area contributed by atoms with Gasteiger partial charge >= 0.3 is 0 Å². The van der Waals surface area contributed by atoms with Gasteiger partial charge < -0.3 is 5.73 Å². The molecule has 0 fully saturated rings. The van der Waals surface area contributed by atoms with Crippen LogP contribution in [0.2, 0.25) is 4.34 Å². The van der Waals surface area contributed by atoms with Gasteiger partial charge in [-0.05, 0) is 35.9 Å². The van der Waals surface area contributed by atoms with E-state index in [2.05, 4.69) is 15.9 Å². The average molecular weight is 321 g/mol. The van der Waals surface area contributed by atoms with Crippen LogP contribution < -0.4 is 5.73 Å². The molecule has 0 bridgehead atoms. The van der Waals surface area contributed by atoms with Crippen LogP contribution in [0.25, 0.3) is 0 Å². The molecular formula is C11H8BrClFNS. The first-order valence-electron chi connectivity index (χ1n) is 4.53. The minimum atomic E-state index is -0.343. The predicted molar refractivity (Wildman–Crippen MR) is 69.5 cm³/mol. The molecule has 1 nitrogen and oxygen atoms in total. The van der Waals surface area contributed by atoms with Gasteiger partial charge in [0.25, 0.3) is 0 Å². The molecule has 0 radical (unpaired) electrons. The smallest absolute Gasteiger partial charge is 0.124 e. The highest BCUT2D eigenvalue weighted by Gasteiger charge is 2.12. The lowest BCUT2D eigenvalue weighted by Gasteiger charge is -2.10. The van der Waals surface area contributed by atoms with Crippen molar-refractivity contribution in [3.8, 4) is 0 Å². The van der Waals surface area contributed by atoms with E-state index in [1.54, 1.807) is 12.1 Å². The number of nitrogens with two attached hydrogens (primary N) is 1. The Morgan fingerprint density at radius 1 is 1.31 bits per heavy atom. The van der Waals surface area contributed by atoms with Crippen LogP contribution in [-0.4, -0.2) is 0 Å². The van der Waals surface area contributed by atoms with Gasteiger partial charge in [-0.15, -0.1) is 11.3 Å².